The molecule has 2 aliphatic heterocycles. The van der Waals surface area contributed by atoms with E-state index in [0.717, 1.165) is 10.6 Å². The minimum Gasteiger partial charge on any atom is -0.320 e. The molecule has 2 amide bonds. The van der Waals surface area contributed by atoms with Crippen LogP contribution in [0.5, 0.6) is 0 Å². The van der Waals surface area contributed by atoms with Crippen molar-refractivity contribution in [3.05, 3.63) is 34.1 Å². The number of hydrogen-bond donors (Lipinski definition) is 1. The predicted octanol–water partition coefficient (Wildman–Crippen LogP) is 2.43. The summed E-state index contributed by atoms with van der Waals surface area (Å²) < 4.78 is 0.472. The van der Waals surface area contributed by atoms with Crippen molar-refractivity contribution in [2.75, 3.05) is 12.4 Å². The number of fused-ring (bicyclic) bond motifs is 1. The van der Waals surface area contributed by atoms with Gasteiger partial charge in [0, 0.05) is 11.9 Å². The van der Waals surface area contributed by atoms with Crippen LogP contribution in [0.2, 0.25) is 0 Å². The lowest BCUT2D eigenvalue weighted by Gasteiger charge is -2.19. The van der Waals surface area contributed by atoms with Gasteiger partial charge in [-0.25, -0.2) is 0 Å². The molecule has 96 valence electrons. The molecule has 0 atom stereocenters. The third kappa shape index (κ3) is 2.07. The van der Waals surface area contributed by atoms with Crippen LogP contribution in [-0.2, 0) is 9.59 Å². The van der Waals surface area contributed by atoms with Gasteiger partial charge in [0.25, 0.3) is 11.8 Å². The summed E-state index contributed by atoms with van der Waals surface area (Å²) in [5.41, 5.74) is 0.772. The molecule has 0 unspecified atom stereocenters. The highest BCUT2D eigenvalue weighted by molar-refractivity contribution is 8.27. The average molecular weight is 308 g/mol. The molecular weight excluding hydrogens is 300 g/mol. The normalized spacial score (nSPS) is 22.6. The molecule has 2 heterocycles. The Bertz CT molecular complexity index is 654. The Balaban J connectivity index is 2.06. The van der Waals surface area contributed by atoms with Gasteiger partial charge in [-0.15, -0.1) is 0 Å². The van der Waals surface area contributed by atoms with Crippen molar-refractivity contribution >= 4 is 57.6 Å². The van der Waals surface area contributed by atoms with E-state index in [4.69, 9.17) is 12.2 Å². The maximum atomic E-state index is 12.1. The highest BCUT2D eigenvalue weighted by atomic mass is 32.2. The Hall–Kier alpha value is -1.31. The Kier molecular flexibility index (Phi) is 3.12. The van der Waals surface area contributed by atoms with Gasteiger partial charge < -0.3 is 5.32 Å². The summed E-state index contributed by atoms with van der Waals surface area (Å²) in [7, 11) is 1.62. The maximum absolute atomic E-state index is 12.1. The van der Waals surface area contributed by atoms with Crippen LogP contribution in [0.1, 0.15) is 0 Å². The van der Waals surface area contributed by atoms with E-state index in [2.05, 4.69) is 5.32 Å². The number of carbonyl (C=O) groups excluding carboxylic acids is 2. The fourth-order valence-corrected chi connectivity index (χ4v) is 4.03. The molecule has 1 fully saturated rings. The number of nitrogens with one attached hydrogen (secondary N) is 1. The van der Waals surface area contributed by atoms with Crippen LogP contribution in [0.15, 0.2) is 39.0 Å². The fraction of sp³-hybridized carbons (Fsp3) is 0.0833. The van der Waals surface area contributed by atoms with Crippen molar-refractivity contribution in [3.8, 4) is 0 Å². The lowest BCUT2D eigenvalue weighted by Crippen LogP contribution is -2.24. The molecule has 0 bridgehead atoms. The van der Waals surface area contributed by atoms with Crippen LogP contribution in [0.3, 0.4) is 0 Å². The number of anilines is 1. The first-order valence-corrected chi connectivity index (χ1v) is 7.44. The number of carbonyl (C=O) groups is 2. The second-order valence-electron chi connectivity index (χ2n) is 3.94. The van der Waals surface area contributed by atoms with Crippen molar-refractivity contribution in [3.63, 3.8) is 0 Å². The number of thiocarbonyl (C=S) groups is 1. The monoisotopic (exact) mass is 308 g/mol. The second kappa shape index (κ2) is 4.66. The van der Waals surface area contributed by atoms with E-state index >= 15 is 0 Å². The second-order valence-corrected chi connectivity index (χ2v) is 6.64. The van der Waals surface area contributed by atoms with Crippen LogP contribution >= 0.6 is 35.7 Å². The third-order valence-electron chi connectivity index (χ3n) is 2.72. The standard InChI is InChI=1S/C12H8N2O2S3/c1-14-11(16)9(19-12(14)17)8-10(15)13-6-4-2-3-5-7(6)18-8/h2-5H,1H3,(H,13,15). The van der Waals surface area contributed by atoms with Crippen LogP contribution in [0.4, 0.5) is 5.69 Å². The van der Waals surface area contributed by atoms with Crippen molar-refractivity contribution in [1.82, 2.24) is 4.90 Å². The van der Waals surface area contributed by atoms with Gasteiger partial charge in [-0.05, 0) is 12.1 Å². The predicted molar refractivity (Wildman–Crippen MR) is 80.9 cm³/mol. The molecule has 19 heavy (non-hydrogen) atoms. The number of hydrogen-bond acceptors (Lipinski definition) is 5. The van der Waals surface area contributed by atoms with Gasteiger partial charge in [-0.2, -0.15) is 0 Å². The smallest absolute Gasteiger partial charge is 0.267 e. The number of amides is 2. The minimum atomic E-state index is -0.252. The molecule has 7 heteroatoms. The minimum absolute atomic E-state index is 0.216. The van der Waals surface area contributed by atoms with E-state index in [0.29, 0.717) is 14.1 Å². The Labute approximate surface area is 123 Å². The van der Waals surface area contributed by atoms with Crippen LogP contribution in [-0.4, -0.2) is 28.1 Å². The fourth-order valence-electron chi connectivity index (χ4n) is 1.72. The number of thioether (sulfide) groups is 2. The molecule has 0 aliphatic carbocycles. The van der Waals surface area contributed by atoms with E-state index in [1.807, 2.05) is 24.3 Å². The van der Waals surface area contributed by atoms with Gasteiger partial charge in [-0.3, -0.25) is 14.5 Å². The molecule has 1 aromatic rings. The third-order valence-corrected chi connectivity index (χ3v) is 5.58. The summed E-state index contributed by atoms with van der Waals surface area (Å²) in [6, 6.07) is 7.50. The summed E-state index contributed by atoms with van der Waals surface area (Å²) in [6.07, 6.45) is 0. The van der Waals surface area contributed by atoms with E-state index < -0.39 is 0 Å². The van der Waals surface area contributed by atoms with Crippen molar-refractivity contribution < 1.29 is 9.59 Å². The summed E-state index contributed by atoms with van der Waals surface area (Å²) in [5.74, 6) is -0.468. The molecule has 2 aliphatic rings. The molecule has 1 aromatic carbocycles. The number of benzene rings is 1. The largest absolute Gasteiger partial charge is 0.320 e. The van der Waals surface area contributed by atoms with E-state index in [1.165, 1.54) is 28.4 Å². The molecule has 1 saturated heterocycles. The molecule has 1 N–H and O–H groups in total. The lowest BCUT2D eigenvalue weighted by molar-refractivity contribution is -0.121. The Morgan fingerprint density at radius 2 is 1.89 bits per heavy atom. The number of para-hydroxylation sites is 1. The summed E-state index contributed by atoms with van der Waals surface area (Å²) in [4.78, 5) is 27.3. The molecule has 0 saturated carbocycles. The summed E-state index contributed by atoms with van der Waals surface area (Å²) in [5, 5.41) is 2.79. The van der Waals surface area contributed by atoms with E-state index in [9.17, 15) is 9.59 Å². The molecule has 4 nitrogen and oxygen atoms in total. The maximum Gasteiger partial charge on any atom is 0.267 e. The van der Waals surface area contributed by atoms with E-state index in [1.54, 1.807) is 7.05 Å². The van der Waals surface area contributed by atoms with Crippen LogP contribution in [0, 0.1) is 0 Å². The van der Waals surface area contributed by atoms with Gasteiger partial charge in [0.1, 0.15) is 4.32 Å². The quantitative estimate of drug-likeness (QED) is 0.589. The van der Waals surface area contributed by atoms with Crippen LogP contribution in [0.25, 0.3) is 0 Å². The zero-order valence-electron chi connectivity index (χ0n) is 9.80. The molecule has 0 aromatic heterocycles. The van der Waals surface area contributed by atoms with Gasteiger partial charge in [0.2, 0.25) is 0 Å². The number of rotatable bonds is 0. The molecule has 3 rings (SSSR count). The Morgan fingerprint density at radius 1 is 1.16 bits per heavy atom. The van der Waals surface area contributed by atoms with Gasteiger partial charge >= 0.3 is 0 Å². The first-order chi connectivity index (χ1) is 9.08. The van der Waals surface area contributed by atoms with Gasteiger partial charge in [-0.1, -0.05) is 47.9 Å². The molecule has 0 radical (unpaired) electrons. The molecule has 0 spiro atoms. The van der Waals surface area contributed by atoms with Crippen LogP contribution < -0.4 is 5.32 Å². The van der Waals surface area contributed by atoms with Gasteiger partial charge in [0.15, 0.2) is 0 Å². The first-order valence-electron chi connectivity index (χ1n) is 5.40. The van der Waals surface area contributed by atoms with Crippen molar-refractivity contribution in [2.45, 2.75) is 4.90 Å². The summed E-state index contributed by atoms with van der Waals surface area (Å²) >= 11 is 7.56. The van der Waals surface area contributed by atoms with Gasteiger partial charge in [0.05, 0.1) is 15.5 Å². The van der Waals surface area contributed by atoms with Crippen molar-refractivity contribution in [1.29, 1.82) is 0 Å². The lowest BCUT2D eigenvalue weighted by atomic mass is 10.3. The topological polar surface area (TPSA) is 49.4 Å². The SMILES string of the molecule is CN1C(=O)C(=C2Sc3ccccc3NC2=O)SC1=S. The zero-order valence-corrected chi connectivity index (χ0v) is 12.2. The average Bonchev–Trinajstić information content (AvgIpc) is 2.66. The Morgan fingerprint density at radius 3 is 2.58 bits per heavy atom. The highest BCUT2D eigenvalue weighted by Crippen LogP contribution is 2.44. The summed E-state index contributed by atoms with van der Waals surface area (Å²) in [6.45, 7) is 0. The zero-order chi connectivity index (χ0) is 13.6. The highest BCUT2D eigenvalue weighted by Gasteiger charge is 2.35. The van der Waals surface area contributed by atoms with E-state index in [-0.39, 0.29) is 11.8 Å². The number of nitrogens with zero attached hydrogens (tertiary/aromatic N) is 1. The first kappa shape index (κ1) is 12.7. The van der Waals surface area contributed by atoms with Crippen molar-refractivity contribution in [2.24, 2.45) is 0 Å². The number of likely N-dealkylation sites (N-methyl/N-ethyl adjacent to an activating group) is 1. The molecular formula is C12H8N2O2S3.